The Morgan fingerprint density at radius 3 is 2.71 bits per heavy atom. The number of nitrogens with zero attached hydrogens (tertiary/aromatic N) is 3. The first-order valence-electron chi connectivity index (χ1n) is 10.8. The molecule has 34 heavy (non-hydrogen) atoms. The van der Waals surface area contributed by atoms with Crippen LogP contribution in [0, 0.1) is 5.82 Å². The van der Waals surface area contributed by atoms with Crippen molar-refractivity contribution in [3.63, 3.8) is 0 Å². The van der Waals surface area contributed by atoms with Gasteiger partial charge in [0.2, 0.25) is 0 Å². The molecule has 4 rings (SSSR count). The summed E-state index contributed by atoms with van der Waals surface area (Å²) in [5.74, 6) is -0.987. The molecule has 2 N–H and O–H groups in total. The summed E-state index contributed by atoms with van der Waals surface area (Å²) in [6, 6.07) is 5.29. The van der Waals surface area contributed by atoms with E-state index in [0.717, 1.165) is 11.4 Å². The molecule has 1 aromatic heterocycles. The van der Waals surface area contributed by atoms with Crippen LogP contribution in [0.3, 0.4) is 0 Å². The number of carboxylic acids is 1. The predicted molar refractivity (Wildman–Crippen MR) is 131 cm³/mol. The zero-order valence-electron chi connectivity index (χ0n) is 19.3. The van der Waals surface area contributed by atoms with Gasteiger partial charge in [-0.15, -0.1) is 11.3 Å². The second-order valence-electron chi connectivity index (χ2n) is 6.98. The van der Waals surface area contributed by atoms with E-state index >= 15 is 0 Å². The van der Waals surface area contributed by atoms with Crippen molar-refractivity contribution in [2.45, 2.75) is 32.7 Å². The van der Waals surface area contributed by atoms with Gasteiger partial charge in [0.1, 0.15) is 11.9 Å². The monoisotopic (exact) mass is 510 g/mol. The summed E-state index contributed by atoms with van der Waals surface area (Å²) in [6.07, 6.45) is 3.12. The average molecular weight is 511 g/mol. The Morgan fingerprint density at radius 1 is 1.38 bits per heavy atom. The van der Waals surface area contributed by atoms with Gasteiger partial charge in [0.05, 0.1) is 19.2 Å². The number of nitrogens with one attached hydrogen (secondary N) is 1. The number of carboxylic acid groups (broad SMARTS) is 1. The molecule has 3 heterocycles. The maximum atomic E-state index is 12.1. The number of thiazole rings is 1. The fraction of sp³-hybridized carbons (Fsp3) is 0.391. The number of benzene rings is 1. The zero-order chi connectivity index (χ0) is 25.1. The number of aliphatic carboxylic acids is 1. The number of carbonyl (C=O) groups excluding carboxylic acids is 1. The number of aliphatic imine (C=N–C) groups is 1. The third-order valence-electron chi connectivity index (χ3n) is 4.89. The van der Waals surface area contributed by atoms with E-state index in [1.807, 2.05) is 24.1 Å². The summed E-state index contributed by atoms with van der Waals surface area (Å²) in [5, 5.41) is 15.5. The molecule has 11 heteroatoms. The van der Waals surface area contributed by atoms with Crippen molar-refractivity contribution in [3.8, 4) is 0 Å². The Kier molecular flexibility index (Phi) is 11.1. The first-order chi connectivity index (χ1) is 16.4. The molecule has 2 aliphatic heterocycles. The van der Waals surface area contributed by atoms with Gasteiger partial charge in [-0.05, 0) is 37.6 Å². The van der Waals surface area contributed by atoms with Crippen LogP contribution < -0.4 is 5.32 Å². The number of esters is 1. The Hall–Kier alpha value is -2.82. The van der Waals surface area contributed by atoms with Crippen molar-refractivity contribution in [1.82, 2.24) is 15.2 Å². The lowest BCUT2D eigenvalue weighted by atomic mass is 10.1. The highest BCUT2D eigenvalue weighted by Gasteiger charge is 2.33. The first-order valence-corrected chi connectivity index (χ1v) is 12.0. The van der Waals surface area contributed by atoms with Crippen molar-refractivity contribution in [2.75, 3.05) is 26.7 Å². The number of methoxy groups -OCH3 is 1. The molecule has 0 amide bonds. The molecule has 0 saturated carbocycles. The molecular weight excluding hydrogens is 483 g/mol. The molecule has 0 radical (unpaired) electrons. The number of hydrogen-bond acceptors (Lipinski definition) is 8. The average Bonchev–Trinajstić information content (AvgIpc) is 3.53. The van der Waals surface area contributed by atoms with E-state index in [4.69, 9.17) is 16.3 Å². The van der Waals surface area contributed by atoms with Gasteiger partial charge in [-0.1, -0.05) is 31.5 Å². The smallest absolute Gasteiger partial charge is 0.337 e. The van der Waals surface area contributed by atoms with Crippen molar-refractivity contribution < 1.29 is 23.8 Å². The predicted octanol–water partition coefficient (Wildman–Crippen LogP) is 3.97. The third-order valence-corrected chi connectivity index (χ3v) is 5.91. The molecule has 2 aromatic rings. The number of hydrogen-bond donors (Lipinski definition) is 2. The molecule has 0 spiro atoms. The topological polar surface area (TPSA) is 104 Å². The molecule has 184 valence electrons. The highest BCUT2D eigenvalue weighted by molar-refractivity contribution is 7.11. The van der Waals surface area contributed by atoms with E-state index in [2.05, 4.69) is 15.3 Å². The molecular formula is C23H28ClFN4O4S. The van der Waals surface area contributed by atoms with Crippen LogP contribution in [0.2, 0.25) is 5.02 Å². The second-order valence-corrected chi connectivity index (χ2v) is 8.31. The number of halogens is 2. The third kappa shape index (κ3) is 7.61. The van der Waals surface area contributed by atoms with E-state index in [-0.39, 0.29) is 12.4 Å². The van der Waals surface area contributed by atoms with Crippen LogP contribution in [0.5, 0.6) is 0 Å². The van der Waals surface area contributed by atoms with E-state index in [1.54, 1.807) is 18.3 Å². The molecule has 0 aliphatic carbocycles. The largest absolute Gasteiger partial charge is 0.480 e. The van der Waals surface area contributed by atoms with Gasteiger partial charge >= 0.3 is 11.9 Å². The van der Waals surface area contributed by atoms with Crippen molar-refractivity contribution >= 4 is 40.7 Å². The van der Waals surface area contributed by atoms with Crippen LogP contribution in [0.25, 0.3) is 0 Å². The first kappa shape index (κ1) is 27.4. The Morgan fingerprint density at radius 2 is 2.15 bits per heavy atom. The molecule has 2 aliphatic rings. The number of carbonyl (C=O) groups is 2. The minimum absolute atomic E-state index is 0.190. The Balaban J connectivity index is 0.000000343. The number of rotatable bonds is 5. The molecule has 1 aromatic carbocycles. The van der Waals surface area contributed by atoms with Crippen molar-refractivity contribution in [3.05, 3.63) is 63.0 Å². The molecule has 1 atom stereocenters. The second kappa shape index (κ2) is 13.8. The normalized spacial score (nSPS) is 17.4. The van der Waals surface area contributed by atoms with Crippen molar-refractivity contribution in [2.24, 2.45) is 4.99 Å². The number of aromatic nitrogens is 1. The van der Waals surface area contributed by atoms with Gasteiger partial charge in [0.25, 0.3) is 0 Å². The zero-order valence-corrected chi connectivity index (χ0v) is 20.8. The van der Waals surface area contributed by atoms with Gasteiger partial charge in [-0.2, -0.15) is 0 Å². The van der Waals surface area contributed by atoms with E-state index in [9.17, 15) is 19.1 Å². The van der Waals surface area contributed by atoms with Crippen LogP contribution in [0.1, 0.15) is 31.7 Å². The summed E-state index contributed by atoms with van der Waals surface area (Å²) in [4.78, 5) is 33.8. The summed E-state index contributed by atoms with van der Waals surface area (Å²) < 4.78 is 16.9. The maximum absolute atomic E-state index is 12.1. The van der Waals surface area contributed by atoms with Gasteiger partial charge in [0.15, 0.2) is 10.8 Å². The van der Waals surface area contributed by atoms with E-state index in [1.165, 1.54) is 30.6 Å². The minimum atomic E-state index is -0.836. The highest BCUT2D eigenvalue weighted by Crippen LogP contribution is 2.21. The SMILES string of the molecule is CC.COC(=O)C1=C(CN2CCCC2C(=O)O)NC(c2nccs2)=NC1.Fc1cccc(Cl)c1. The van der Waals surface area contributed by atoms with Gasteiger partial charge in [0, 0.05) is 28.8 Å². The minimum Gasteiger partial charge on any atom is -0.480 e. The number of amidine groups is 1. The van der Waals surface area contributed by atoms with Crippen LogP contribution in [-0.2, 0) is 14.3 Å². The Labute approximate surface area is 207 Å². The number of likely N-dealkylation sites (tertiary alicyclic amines) is 1. The van der Waals surface area contributed by atoms with Crippen LogP contribution in [-0.4, -0.2) is 65.6 Å². The lowest BCUT2D eigenvalue weighted by Gasteiger charge is -2.26. The summed E-state index contributed by atoms with van der Waals surface area (Å²) in [7, 11) is 1.32. The van der Waals surface area contributed by atoms with Crippen LogP contribution >= 0.6 is 22.9 Å². The summed E-state index contributed by atoms with van der Waals surface area (Å²) in [5.41, 5.74) is 1.06. The van der Waals surface area contributed by atoms with E-state index in [0.29, 0.717) is 41.6 Å². The fourth-order valence-corrected chi connectivity index (χ4v) is 4.15. The van der Waals surface area contributed by atoms with Crippen LogP contribution in [0.15, 0.2) is 52.1 Å². The summed E-state index contributed by atoms with van der Waals surface area (Å²) >= 11 is 6.85. The molecule has 8 nitrogen and oxygen atoms in total. The van der Waals surface area contributed by atoms with Crippen molar-refractivity contribution in [1.29, 1.82) is 0 Å². The summed E-state index contributed by atoms with van der Waals surface area (Å²) in [6.45, 7) is 5.21. The van der Waals surface area contributed by atoms with Crippen LogP contribution in [0.4, 0.5) is 4.39 Å². The quantitative estimate of drug-likeness (QED) is 0.586. The van der Waals surface area contributed by atoms with E-state index < -0.39 is 18.0 Å². The van der Waals surface area contributed by atoms with Gasteiger partial charge in [-0.25, -0.2) is 14.2 Å². The lowest BCUT2D eigenvalue weighted by Crippen LogP contribution is -2.42. The highest BCUT2D eigenvalue weighted by atomic mass is 35.5. The van der Waals surface area contributed by atoms with Gasteiger partial charge in [-0.3, -0.25) is 14.7 Å². The lowest BCUT2D eigenvalue weighted by molar-refractivity contribution is -0.142. The molecule has 1 unspecified atom stereocenters. The number of ether oxygens (including phenoxy) is 1. The molecule has 0 bridgehead atoms. The Bertz CT molecular complexity index is 1010. The molecule has 1 fully saturated rings. The van der Waals surface area contributed by atoms with Gasteiger partial charge < -0.3 is 15.2 Å². The maximum Gasteiger partial charge on any atom is 0.337 e. The molecule has 1 saturated heterocycles. The fourth-order valence-electron chi connectivity index (χ4n) is 3.38. The standard InChI is InChI=1S/C15H18N4O4S.C6H4ClF.C2H6/c1-23-15(22)9-7-17-12(13-16-4-6-24-13)18-10(9)8-19-5-2-3-11(19)14(20)21;7-5-2-1-3-6(8)4-5;1-2/h4,6,11H,2-3,5,7-8H2,1H3,(H,17,18)(H,20,21);1-4H;1-2H3.